The summed E-state index contributed by atoms with van der Waals surface area (Å²) in [5.74, 6) is 0.559. The molecule has 0 saturated heterocycles. The number of hydrogen-bond acceptors (Lipinski definition) is 5. The lowest BCUT2D eigenvalue weighted by molar-refractivity contribution is 0.103. The van der Waals surface area contributed by atoms with Crippen LogP contribution in [0.4, 0.5) is 11.4 Å². The van der Waals surface area contributed by atoms with Gasteiger partial charge in [-0.15, -0.1) is 11.3 Å². The van der Waals surface area contributed by atoms with E-state index in [9.17, 15) is 4.79 Å². The number of pyridine rings is 1. The van der Waals surface area contributed by atoms with Crippen LogP contribution >= 0.6 is 27.3 Å². The number of carbonyl (C=O) groups is 1. The molecule has 1 aliphatic rings. The highest BCUT2D eigenvalue weighted by atomic mass is 79.9. The Morgan fingerprint density at radius 1 is 1.13 bits per heavy atom. The molecule has 0 bridgehead atoms. The van der Waals surface area contributed by atoms with Gasteiger partial charge in [0.15, 0.2) is 0 Å². The van der Waals surface area contributed by atoms with Gasteiger partial charge in [-0.2, -0.15) is 0 Å². The van der Waals surface area contributed by atoms with Gasteiger partial charge < -0.3 is 15.5 Å². The minimum atomic E-state index is -0.224. The number of aryl methyl sites for hydroxylation is 1. The molecule has 5 nitrogen and oxygen atoms in total. The summed E-state index contributed by atoms with van der Waals surface area (Å²) in [6.07, 6.45) is 7.00. The lowest BCUT2D eigenvalue weighted by Gasteiger charge is -2.12. The van der Waals surface area contributed by atoms with E-state index in [2.05, 4.69) is 21.2 Å². The maximum atomic E-state index is 13.0. The number of thiophene rings is 1. The van der Waals surface area contributed by atoms with Crippen LogP contribution in [0.3, 0.4) is 0 Å². The van der Waals surface area contributed by atoms with Crippen molar-refractivity contribution in [3.63, 3.8) is 0 Å². The summed E-state index contributed by atoms with van der Waals surface area (Å²) in [7, 11) is 0. The molecule has 1 aromatic carbocycles. The summed E-state index contributed by atoms with van der Waals surface area (Å²) >= 11 is 4.75. The van der Waals surface area contributed by atoms with Gasteiger partial charge in [0, 0.05) is 26.8 Å². The largest absolute Gasteiger partial charge is 0.464 e. The topological polar surface area (TPSA) is 81.2 Å². The zero-order valence-electron chi connectivity index (χ0n) is 16.2. The zero-order chi connectivity index (χ0) is 20.7. The van der Waals surface area contributed by atoms with Gasteiger partial charge in [0.1, 0.15) is 15.5 Å². The third kappa shape index (κ3) is 3.42. The standard InChI is InChI=1S/C23H20BrN3O2S/c24-13-8-10-14(11-9-13)26-22(28)21-20(25)19-18(17-7-4-12-29-17)15-5-2-1-3-6-16(15)27-23(19)30-21/h4,7-12H,1-3,5-6,25H2,(H,26,28). The Kier molecular flexibility index (Phi) is 5.08. The predicted octanol–water partition coefficient (Wildman–Crippen LogP) is 6.42. The highest BCUT2D eigenvalue weighted by molar-refractivity contribution is 9.10. The molecule has 7 heteroatoms. The van der Waals surface area contributed by atoms with Gasteiger partial charge in [0.2, 0.25) is 0 Å². The number of amides is 1. The highest BCUT2D eigenvalue weighted by Crippen LogP contribution is 2.43. The Morgan fingerprint density at radius 3 is 2.70 bits per heavy atom. The summed E-state index contributed by atoms with van der Waals surface area (Å²) in [6.45, 7) is 0. The molecule has 1 amide bonds. The van der Waals surface area contributed by atoms with Crippen molar-refractivity contribution in [2.24, 2.45) is 0 Å². The Balaban J connectivity index is 1.65. The molecule has 0 aliphatic heterocycles. The Bertz CT molecular complexity index is 1230. The van der Waals surface area contributed by atoms with Crippen molar-refractivity contribution >= 4 is 54.8 Å². The summed E-state index contributed by atoms with van der Waals surface area (Å²) < 4.78 is 6.74. The molecular formula is C23H20BrN3O2S. The smallest absolute Gasteiger partial charge is 0.267 e. The number of furan rings is 1. The Hall–Kier alpha value is -2.64. The van der Waals surface area contributed by atoms with Crippen molar-refractivity contribution in [2.75, 3.05) is 11.1 Å². The van der Waals surface area contributed by atoms with E-state index in [1.54, 1.807) is 6.26 Å². The van der Waals surface area contributed by atoms with Crippen LogP contribution in [-0.2, 0) is 12.8 Å². The maximum absolute atomic E-state index is 13.0. The lowest BCUT2D eigenvalue weighted by atomic mass is 9.96. The van der Waals surface area contributed by atoms with E-state index in [1.165, 1.54) is 23.3 Å². The molecule has 4 aromatic rings. The molecule has 3 aromatic heterocycles. The summed E-state index contributed by atoms with van der Waals surface area (Å²) in [4.78, 5) is 19.2. The van der Waals surface area contributed by atoms with Crippen LogP contribution in [0.15, 0.2) is 51.6 Å². The third-order valence-corrected chi connectivity index (χ3v) is 7.11. The van der Waals surface area contributed by atoms with Crippen molar-refractivity contribution in [3.8, 4) is 11.3 Å². The molecular weight excluding hydrogens is 462 g/mol. The van der Waals surface area contributed by atoms with Crippen LogP contribution in [0.25, 0.3) is 21.5 Å². The molecule has 0 spiro atoms. The third-order valence-electron chi connectivity index (χ3n) is 5.48. The van der Waals surface area contributed by atoms with Crippen molar-refractivity contribution in [1.29, 1.82) is 0 Å². The molecule has 0 fully saturated rings. The van der Waals surface area contributed by atoms with Crippen molar-refractivity contribution in [1.82, 2.24) is 4.98 Å². The number of carbonyl (C=O) groups excluding carboxylic acids is 1. The molecule has 152 valence electrons. The molecule has 3 heterocycles. The van der Waals surface area contributed by atoms with Gasteiger partial charge in [-0.3, -0.25) is 4.79 Å². The molecule has 0 unspecified atom stereocenters. The van der Waals surface area contributed by atoms with Gasteiger partial charge in [-0.05, 0) is 67.6 Å². The second kappa shape index (κ2) is 7.89. The second-order valence-corrected chi connectivity index (χ2v) is 9.35. The van der Waals surface area contributed by atoms with E-state index < -0.39 is 0 Å². The van der Waals surface area contributed by atoms with Crippen LogP contribution in [-0.4, -0.2) is 10.9 Å². The number of nitrogen functional groups attached to an aromatic ring is 1. The minimum absolute atomic E-state index is 0.224. The number of nitrogens with one attached hydrogen (secondary N) is 1. The first-order valence-electron chi connectivity index (χ1n) is 9.96. The van der Waals surface area contributed by atoms with E-state index in [1.807, 2.05) is 36.4 Å². The van der Waals surface area contributed by atoms with Crippen LogP contribution < -0.4 is 11.1 Å². The van der Waals surface area contributed by atoms with E-state index in [0.29, 0.717) is 10.6 Å². The number of aromatic nitrogens is 1. The maximum Gasteiger partial charge on any atom is 0.267 e. The number of benzene rings is 1. The number of nitrogens with zero attached hydrogens (tertiary/aromatic N) is 1. The number of fused-ring (bicyclic) bond motifs is 2. The number of anilines is 2. The monoisotopic (exact) mass is 481 g/mol. The van der Waals surface area contributed by atoms with Crippen LogP contribution in [0, 0.1) is 0 Å². The zero-order valence-corrected chi connectivity index (χ0v) is 18.6. The number of nitrogens with two attached hydrogens (primary N) is 1. The van der Waals surface area contributed by atoms with E-state index in [4.69, 9.17) is 15.1 Å². The molecule has 5 rings (SSSR count). The molecule has 3 N–H and O–H groups in total. The van der Waals surface area contributed by atoms with Gasteiger partial charge in [-0.25, -0.2) is 4.98 Å². The number of rotatable bonds is 3. The second-order valence-electron chi connectivity index (χ2n) is 7.44. The van der Waals surface area contributed by atoms with E-state index >= 15 is 0 Å². The first-order valence-corrected chi connectivity index (χ1v) is 11.6. The average Bonchev–Trinajstić information content (AvgIpc) is 3.31. The predicted molar refractivity (Wildman–Crippen MR) is 125 cm³/mol. The molecule has 0 saturated carbocycles. The SMILES string of the molecule is Nc1c(C(=O)Nc2ccc(Br)cc2)sc2nc3c(c(-c4ccco4)c12)CCCCC3. The van der Waals surface area contributed by atoms with Crippen molar-refractivity contribution in [3.05, 3.63) is 63.3 Å². The van der Waals surface area contributed by atoms with Gasteiger partial charge in [0.25, 0.3) is 5.91 Å². The molecule has 0 atom stereocenters. The Labute approximate surface area is 186 Å². The highest BCUT2D eigenvalue weighted by Gasteiger charge is 2.26. The van der Waals surface area contributed by atoms with Crippen LogP contribution in [0.2, 0.25) is 0 Å². The van der Waals surface area contributed by atoms with Crippen LogP contribution in [0.5, 0.6) is 0 Å². The Morgan fingerprint density at radius 2 is 1.93 bits per heavy atom. The van der Waals surface area contributed by atoms with Gasteiger partial charge in [0.05, 0.1) is 12.0 Å². The van der Waals surface area contributed by atoms with Crippen LogP contribution in [0.1, 0.15) is 40.2 Å². The average molecular weight is 482 g/mol. The van der Waals surface area contributed by atoms with E-state index in [-0.39, 0.29) is 5.91 Å². The number of hydrogen-bond donors (Lipinski definition) is 2. The van der Waals surface area contributed by atoms with Gasteiger partial charge >= 0.3 is 0 Å². The van der Waals surface area contributed by atoms with Crippen molar-refractivity contribution < 1.29 is 9.21 Å². The molecule has 30 heavy (non-hydrogen) atoms. The number of halogens is 1. The first-order chi connectivity index (χ1) is 14.6. The molecule has 0 radical (unpaired) electrons. The lowest BCUT2D eigenvalue weighted by Crippen LogP contribution is -2.11. The minimum Gasteiger partial charge on any atom is -0.464 e. The fraction of sp³-hybridized carbons (Fsp3) is 0.217. The molecule has 1 aliphatic carbocycles. The van der Waals surface area contributed by atoms with Gasteiger partial charge in [-0.1, -0.05) is 22.4 Å². The van der Waals surface area contributed by atoms with Crippen molar-refractivity contribution in [2.45, 2.75) is 32.1 Å². The fourth-order valence-electron chi connectivity index (χ4n) is 4.07. The first kappa shape index (κ1) is 19.3. The summed E-state index contributed by atoms with van der Waals surface area (Å²) in [5, 5.41) is 3.77. The normalized spacial score (nSPS) is 13.8. The fourth-order valence-corrected chi connectivity index (χ4v) is 5.35. The van der Waals surface area contributed by atoms with E-state index in [0.717, 1.165) is 63.1 Å². The summed E-state index contributed by atoms with van der Waals surface area (Å²) in [6, 6.07) is 11.3. The quantitative estimate of drug-likeness (QED) is 0.330. The summed E-state index contributed by atoms with van der Waals surface area (Å²) in [5.41, 5.74) is 11.1.